The van der Waals surface area contributed by atoms with Gasteiger partial charge in [-0.25, -0.2) is 15.0 Å². The van der Waals surface area contributed by atoms with Crippen LogP contribution in [-0.4, -0.2) is 38.2 Å². The molecule has 87 heavy (non-hydrogen) atoms. The fourth-order valence-corrected chi connectivity index (χ4v) is 13.9. The summed E-state index contributed by atoms with van der Waals surface area (Å²) >= 11 is 0. The van der Waals surface area contributed by atoms with Gasteiger partial charge in [0, 0.05) is 59.9 Å². The highest BCUT2D eigenvalue weighted by molar-refractivity contribution is 6.18. The van der Waals surface area contributed by atoms with Gasteiger partial charge in [-0.1, -0.05) is 186 Å². The Morgan fingerprint density at radius 2 is 0.552 bits per heavy atom. The van der Waals surface area contributed by atoms with Gasteiger partial charge in [-0.2, -0.15) is 0 Å². The average molecular weight is 1120 g/mol. The summed E-state index contributed by atoms with van der Waals surface area (Å²) in [4.78, 5) is 23.0. The van der Waals surface area contributed by atoms with E-state index in [1.54, 1.807) is 0 Å². The zero-order chi connectivity index (χ0) is 58.2. The average Bonchev–Trinajstić information content (AvgIpc) is 1.64. The Hall–Kier alpha value is -11.2. The van der Waals surface area contributed by atoms with E-state index in [0.717, 1.165) is 144 Å². The minimum Gasteiger partial charge on any atom is -0.308 e. The van der Waals surface area contributed by atoms with E-state index in [-0.39, 0.29) is 0 Å². The van der Waals surface area contributed by atoms with Crippen molar-refractivity contribution in [2.75, 3.05) is 0 Å². The van der Waals surface area contributed by atoms with Gasteiger partial charge in [0.25, 0.3) is 0 Å². The molecule has 17 aromatic rings. The molecule has 0 saturated carbocycles. The summed E-state index contributed by atoms with van der Waals surface area (Å²) in [6.07, 6.45) is 0. The first-order valence-electron chi connectivity index (χ1n) is 29.8. The molecule has 0 fully saturated rings. The standard InChI is InChI=1S/C79H56N8/c1-47-35-39-67-58(43-47)54-26-12-16-31-63(54)84(67)73-71(62-30-20-21-51(5)80-62)74(85-64-32-17-13-27-55(64)59-44-48(2)36-40-68(59)85)76(87-66-34-19-15-29-57(66)61-46-50(4)38-42-70(61)87)75(86-65-33-18-14-28-56(65)60-45-49(3)37-41-69(60)86)72(73)79-82-77(52-22-8-6-9-23-52)81-78(83-79)53-24-10-7-11-25-53/h6-46H,1-5H3. The molecule has 17 rings (SSSR count). The van der Waals surface area contributed by atoms with Crippen molar-refractivity contribution in [3.05, 3.63) is 277 Å². The summed E-state index contributed by atoms with van der Waals surface area (Å²) in [5.41, 5.74) is 21.8. The molecule has 0 amide bonds. The number of aryl methyl sites for hydroxylation is 5. The number of para-hydroxylation sites is 4. The van der Waals surface area contributed by atoms with Gasteiger partial charge in [0.15, 0.2) is 17.5 Å². The van der Waals surface area contributed by atoms with Crippen LogP contribution in [0, 0.1) is 34.6 Å². The summed E-state index contributed by atoms with van der Waals surface area (Å²) in [5.74, 6) is 1.61. The van der Waals surface area contributed by atoms with Gasteiger partial charge in [0.2, 0.25) is 0 Å². The van der Waals surface area contributed by atoms with Crippen molar-refractivity contribution in [2.24, 2.45) is 0 Å². The van der Waals surface area contributed by atoms with Crippen molar-refractivity contribution < 1.29 is 0 Å². The number of nitrogens with zero attached hydrogens (tertiary/aromatic N) is 8. The monoisotopic (exact) mass is 1120 g/mol. The summed E-state index contributed by atoms with van der Waals surface area (Å²) in [5, 5.41) is 9.11. The molecule has 0 atom stereocenters. The number of benzene rings is 11. The number of hydrogen-bond acceptors (Lipinski definition) is 4. The predicted molar refractivity (Wildman–Crippen MR) is 360 cm³/mol. The van der Waals surface area contributed by atoms with Gasteiger partial charge in [0.05, 0.1) is 83.7 Å². The van der Waals surface area contributed by atoms with Crippen LogP contribution in [0.25, 0.3) is 155 Å². The maximum absolute atomic E-state index is 5.92. The Balaban J connectivity index is 1.27. The van der Waals surface area contributed by atoms with Crippen LogP contribution in [0.5, 0.6) is 0 Å². The lowest BCUT2D eigenvalue weighted by molar-refractivity contribution is 1.02. The molecule has 0 aliphatic carbocycles. The van der Waals surface area contributed by atoms with E-state index >= 15 is 0 Å². The molecule has 0 spiro atoms. The minimum absolute atomic E-state index is 0.500. The van der Waals surface area contributed by atoms with E-state index in [9.17, 15) is 0 Å². The molecule has 412 valence electrons. The Bertz CT molecular complexity index is 5640. The molecule has 0 saturated heterocycles. The van der Waals surface area contributed by atoms with E-state index in [1.807, 2.05) is 12.1 Å². The van der Waals surface area contributed by atoms with Crippen LogP contribution in [0.2, 0.25) is 0 Å². The van der Waals surface area contributed by atoms with Gasteiger partial charge >= 0.3 is 0 Å². The van der Waals surface area contributed by atoms with Crippen LogP contribution >= 0.6 is 0 Å². The topological polar surface area (TPSA) is 71.3 Å². The Kier molecular flexibility index (Phi) is 11.2. The van der Waals surface area contributed by atoms with Crippen LogP contribution in [-0.2, 0) is 0 Å². The van der Waals surface area contributed by atoms with Crippen LogP contribution in [0.15, 0.2) is 249 Å². The SMILES string of the molecule is Cc1ccc2c(c1)c1ccccc1n2-c1c(-c2cccc(C)n2)c(-n2c3ccccc3c3cc(C)ccc32)c(-n2c3ccccc3c3cc(C)ccc32)c(-n2c3ccccc3c3cc(C)ccc32)c1-c1nc(-c2ccccc2)nc(-c2ccccc2)n1. The molecular weight excluding hydrogens is 1060 g/mol. The summed E-state index contributed by atoms with van der Waals surface area (Å²) < 4.78 is 10.2. The molecule has 6 aromatic heterocycles. The lowest BCUT2D eigenvalue weighted by Crippen LogP contribution is -2.17. The Morgan fingerprint density at radius 1 is 0.230 bits per heavy atom. The lowest BCUT2D eigenvalue weighted by atomic mass is 9.94. The molecule has 0 bridgehead atoms. The smallest absolute Gasteiger partial charge is 0.168 e. The van der Waals surface area contributed by atoms with Gasteiger partial charge in [-0.15, -0.1) is 0 Å². The van der Waals surface area contributed by atoms with Crippen molar-refractivity contribution in [2.45, 2.75) is 34.6 Å². The first-order valence-corrected chi connectivity index (χ1v) is 29.8. The molecule has 0 unspecified atom stereocenters. The second-order valence-electron chi connectivity index (χ2n) is 23.3. The summed E-state index contributed by atoms with van der Waals surface area (Å²) in [7, 11) is 0. The largest absolute Gasteiger partial charge is 0.308 e. The Labute approximate surface area is 502 Å². The number of pyridine rings is 1. The molecule has 8 nitrogen and oxygen atoms in total. The van der Waals surface area contributed by atoms with Gasteiger partial charge < -0.3 is 18.3 Å². The first kappa shape index (κ1) is 50.3. The molecule has 0 aliphatic heterocycles. The van der Waals surface area contributed by atoms with Crippen molar-refractivity contribution in [1.29, 1.82) is 0 Å². The van der Waals surface area contributed by atoms with Crippen LogP contribution in [0.1, 0.15) is 27.9 Å². The van der Waals surface area contributed by atoms with E-state index in [2.05, 4.69) is 289 Å². The maximum atomic E-state index is 5.92. The Morgan fingerprint density at radius 3 is 0.943 bits per heavy atom. The third kappa shape index (κ3) is 7.70. The zero-order valence-corrected chi connectivity index (χ0v) is 48.7. The second kappa shape index (κ2) is 19.4. The van der Waals surface area contributed by atoms with Crippen molar-refractivity contribution in [1.82, 2.24) is 38.2 Å². The lowest BCUT2D eigenvalue weighted by Gasteiger charge is -2.30. The summed E-state index contributed by atoms with van der Waals surface area (Å²) in [6.45, 7) is 10.9. The molecular formula is C79H56N8. The van der Waals surface area contributed by atoms with E-state index in [1.165, 1.54) is 22.3 Å². The number of rotatable bonds is 8. The zero-order valence-electron chi connectivity index (χ0n) is 48.7. The van der Waals surface area contributed by atoms with Crippen molar-refractivity contribution in [3.8, 4) is 68.2 Å². The molecule has 0 N–H and O–H groups in total. The normalized spacial score (nSPS) is 12.0. The quantitative estimate of drug-likeness (QED) is 0.152. The summed E-state index contributed by atoms with van der Waals surface area (Å²) in [6, 6.07) is 90.4. The van der Waals surface area contributed by atoms with Crippen LogP contribution in [0.3, 0.4) is 0 Å². The highest BCUT2D eigenvalue weighted by Gasteiger charge is 2.37. The number of aromatic nitrogens is 8. The van der Waals surface area contributed by atoms with Gasteiger partial charge in [-0.05, 0) is 120 Å². The fourth-order valence-electron chi connectivity index (χ4n) is 13.9. The number of hydrogen-bond donors (Lipinski definition) is 0. The molecule has 11 aromatic carbocycles. The second-order valence-corrected chi connectivity index (χ2v) is 23.3. The third-order valence-corrected chi connectivity index (χ3v) is 17.7. The first-order chi connectivity index (χ1) is 42.7. The van der Waals surface area contributed by atoms with Gasteiger partial charge in [-0.3, -0.25) is 4.98 Å². The number of fused-ring (bicyclic) bond motifs is 12. The molecule has 8 heteroatoms. The highest BCUT2D eigenvalue weighted by Crippen LogP contribution is 2.54. The molecule has 0 radical (unpaired) electrons. The van der Waals surface area contributed by atoms with E-state index < -0.39 is 0 Å². The van der Waals surface area contributed by atoms with Crippen molar-refractivity contribution >= 4 is 87.2 Å². The van der Waals surface area contributed by atoms with Gasteiger partial charge in [0.1, 0.15) is 0 Å². The predicted octanol–water partition coefficient (Wildman–Crippen LogP) is 19.9. The molecule has 6 heterocycles. The van der Waals surface area contributed by atoms with E-state index in [4.69, 9.17) is 19.9 Å². The van der Waals surface area contributed by atoms with Crippen molar-refractivity contribution in [3.63, 3.8) is 0 Å². The van der Waals surface area contributed by atoms with E-state index in [0.29, 0.717) is 17.5 Å². The maximum Gasteiger partial charge on any atom is 0.168 e. The minimum atomic E-state index is 0.500. The fraction of sp³-hybridized carbons (Fsp3) is 0.0633. The third-order valence-electron chi connectivity index (χ3n) is 17.7. The van der Waals surface area contributed by atoms with Crippen LogP contribution in [0.4, 0.5) is 0 Å². The highest BCUT2D eigenvalue weighted by atomic mass is 15.1. The molecule has 0 aliphatic rings. The van der Waals surface area contributed by atoms with Crippen LogP contribution < -0.4 is 0 Å².